The van der Waals surface area contributed by atoms with Gasteiger partial charge in [-0.2, -0.15) is 0 Å². The zero-order valence-corrected chi connectivity index (χ0v) is 8.12. The molecule has 0 saturated carbocycles. The first-order valence-corrected chi connectivity index (χ1v) is 4.06. The fraction of sp³-hybridized carbons (Fsp3) is 0.143. The molecule has 1 aromatic heterocycles. The SMILES string of the molecule is COC(=N)c1ccc(I)cn1. The Morgan fingerprint density at radius 3 is 2.82 bits per heavy atom. The highest BCUT2D eigenvalue weighted by Crippen LogP contribution is 2.03. The normalized spacial score (nSPS) is 9.27. The molecule has 0 atom stereocenters. The molecular formula is C7H7IN2O. The van der Waals surface area contributed by atoms with Crippen LogP contribution in [0.25, 0.3) is 0 Å². The van der Waals surface area contributed by atoms with Gasteiger partial charge in [0.15, 0.2) is 0 Å². The maximum absolute atomic E-state index is 7.26. The van der Waals surface area contributed by atoms with Crippen molar-refractivity contribution in [3.05, 3.63) is 27.6 Å². The van der Waals surface area contributed by atoms with Crippen LogP contribution in [-0.2, 0) is 4.74 Å². The lowest BCUT2D eigenvalue weighted by atomic mass is 10.3. The van der Waals surface area contributed by atoms with Crippen molar-refractivity contribution in [3.63, 3.8) is 0 Å². The molecule has 0 radical (unpaired) electrons. The van der Waals surface area contributed by atoms with Crippen molar-refractivity contribution < 1.29 is 4.74 Å². The van der Waals surface area contributed by atoms with Gasteiger partial charge in [-0.25, -0.2) is 0 Å². The topological polar surface area (TPSA) is 46.0 Å². The molecule has 0 saturated heterocycles. The minimum atomic E-state index is 0.0985. The van der Waals surface area contributed by atoms with Crippen LogP contribution >= 0.6 is 22.6 Å². The van der Waals surface area contributed by atoms with E-state index in [1.54, 1.807) is 12.3 Å². The van der Waals surface area contributed by atoms with Crippen molar-refractivity contribution in [2.75, 3.05) is 7.11 Å². The molecule has 0 fully saturated rings. The van der Waals surface area contributed by atoms with E-state index < -0.39 is 0 Å². The van der Waals surface area contributed by atoms with Crippen LogP contribution in [0.3, 0.4) is 0 Å². The summed E-state index contributed by atoms with van der Waals surface area (Å²) in [4.78, 5) is 3.99. The molecule has 0 amide bonds. The highest BCUT2D eigenvalue weighted by atomic mass is 127. The molecule has 1 N–H and O–H groups in total. The van der Waals surface area contributed by atoms with Gasteiger partial charge < -0.3 is 4.74 Å². The average molecular weight is 262 g/mol. The molecule has 1 rings (SSSR count). The van der Waals surface area contributed by atoms with Gasteiger partial charge in [0.25, 0.3) is 0 Å². The molecule has 0 aliphatic rings. The maximum Gasteiger partial charge on any atom is 0.232 e. The second-order valence-corrected chi connectivity index (χ2v) is 3.14. The molecule has 58 valence electrons. The number of ether oxygens (including phenoxy) is 1. The number of aromatic nitrogens is 1. The molecule has 0 bridgehead atoms. The number of hydrogen-bond donors (Lipinski definition) is 1. The van der Waals surface area contributed by atoms with E-state index in [-0.39, 0.29) is 5.90 Å². The van der Waals surface area contributed by atoms with Crippen LogP contribution in [-0.4, -0.2) is 18.0 Å². The van der Waals surface area contributed by atoms with Gasteiger partial charge >= 0.3 is 0 Å². The Bertz CT molecular complexity index is 258. The van der Waals surface area contributed by atoms with Crippen LogP contribution in [0.1, 0.15) is 5.69 Å². The Hall–Kier alpha value is -0.650. The number of halogens is 1. The monoisotopic (exact) mass is 262 g/mol. The molecule has 1 heterocycles. The van der Waals surface area contributed by atoms with E-state index in [0.717, 1.165) is 3.57 Å². The summed E-state index contributed by atoms with van der Waals surface area (Å²) in [5, 5.41) is 7.26. The third kappa shape index (κ3) is 2.14. The van der Waals surface area contributed by atoms with E-state index in [2.05, 4.69) is 27.6 Å². The lowest BCUT2D eigenvalue weighted by Gasteiger charge is -1.99. The minimum absolute atomic E-state index is 0.0985. The van der Waals surface area contributed by atoms with Crippen LogP contribution < -0.4 is 0 Å². The zero-order chi connectivity index (χ0) is 8.27. The lowest BCUT2D eigenvalue weighted by Crippen LogP contribution is -2.03. The number of pyridine rings is 1. The smallest absolute Gasteiger partial charge is 0.232 e. The van der Waals surface area contributed by atoms with Gasteiger partial charge in [-0.3, -0.25) is 10.4 Å². The van der Waals surface area contributed by atoms with E-state index in [1.807, 2.05) is 6.07 Å². The van der Waals surface area contributed by atoms with Gasteiger partial charge in [-0.1, -0.05) is 0 Å². The number of nitrogens with zero attached hydrogens (tertiary/aromatic N) is 1. The summed E-state index contributed by atoms with van der Waals surface area (Å²) in [7, 11) is 1.46. The van der Waals surface area contributed by atoms with Gasteiger partial charge in [-0.15, -0.1) is 0 Å². The predicted octanol–water partition coefficient (Wildman–Crippen LogP) is 1.66. The number of hydrogen-bond acceptors (Lipinski definition) is 3. The van der Waals surface area contributed by atoms with E-state index >= 15 is 0 Å². The third-order valence-electron chi connectivity index (χ3n) is 1.16. The first kappa shape index (κ1) is 8.45. The fourth-order valence-electron chi connectivity index (χ4n) is 0.615. The quantitative estimate of drug-likeness (QED) is 0.475. The summed E-state index contributed by atoms with van der Waals surface area (Å²) in [6.07, 6.45) is 1.70. The van der Waals surface area contributed by atoms with Crippen LogP contribution in [0.4, 0.5) is 0 Å². The van der Waals surface area contributed by atoms with Crippen molar-refractivity contribution in [2.45, 2.75) is 0 Å². The Morgan fingerprint density at radius 1 is 1.64 bits per heavy atom. The van der Waals surface area contributed by atoms with Crippen molar-refractivity contribution in [3.8, 4) is 0 Å². The van der Waals surface area contributed by atoms with Crippen molar-refractivity contribution in [1.29, 1.82) is 5.41 Å². The fourth-order valence-corrected chi connectivity index (χ4v) is 0.934. The Balaban J connectivity index is 2.90. The molecule has 1 aromatic rings. The van der Waals surface area contributed by atoms with Gasteiger partial charge in [-0.05, 0) is 34.7 Å². The molecule has 0 aromatic carbocycles. The van der Waals surface area contributed by atoms with E-state index in [1.165, 1.54) is 7.11 Å². The molecular weight excluding hydrogens is 255 g/mol. The average Bonchev–Trinajstić information content (AvgIpc) is 2.05. The summed E-state index contributed by atoms with van der Waals surface area (Å²) in [6, 6.07) is 3.64. The Kier molecular flexibility index (Phi) is 2.81. The van der Waals surface area contributed by atoms with Crippen molar-refractivity contribution in [2.24, 2.45) is 0 Å². The van der Waals surface area contributed by atoms with Crippen LogP contribution in [0.5, 0.6) is 0 Å². The summed E-state index contributed by atoms with van der Waals surface area (Å²) < 4.78 is 5.75. The van der Waals surface area contributed by atoms with Gasteiger partial charge in [0, 0.05) is 9.77 Å². The van der Waals surface area contributed by atoms with Gasteiger partial charge in [0.2, 0.25) is 5.90 Å². The number of methoxy groups -OCH3 is 1. The number of rotatable bonds is 1. The molecule has 4 heteroatoms. The first-order valence-electron chi connectivity index (χ1n) is 2.98. The molecule has 0 spiro atoms. The summed E-state index contributed by atoms with van der Waals surface area (Å²) >= 11 is 2.16. The first-order chi connectivity index (χ1) is 5.24. The van der Waals surface area contributed by atoms with Crippen LogP contribution in [0.15, 0.2) is 18.3 Å². The largest absolute Gasteiger partial charge is 0.480 e. The summed E-state index contributed by atoms with van der Waals surface area (Å²) in [5.74, 6) is 0.0985. The molecule has 0 aliphatic heterocycles. The third-order valence-corrected chi connectivity index (χ3v) is 1.80. The van der Waals surface area contributed by atoms with E-state index in [9.17, 15) is 0 Å². The van der Waals surface area contributed by atoms with Crippen molar-refractivity contribution >= 4 is 28.5 Å². The second kappa shape index (κ2) is 3.66. The Labute approximate surface area is 78.4 Å². The summed E-state index contributed by atoms with van der Waals surface area (Å²) in [6.45, 7) is 0. The molecule has 0 unspecified atom stereocenters. The zero-order valence-electron chi connectivity index (χ0n) is 5.97. The second-order valence-electron chi connectivity index (χ2n) is 1.89. The lowest BCUT2D eigenvalue weighted by molar-refractivity contribution is 0.399. The van der Waals surface area contributed by atoms with Crippen molar-refractivity contribution in [1.82, 2.24) is 4.98 Å². The van der Waals surface area contributed by atoms with Crippen LogP contribution in [0.2, 0.25) is 0 Å². The summed E-state index contributed by atoms with van der Waals surface area (Å²) in [5.41, 5.74) is 0.563. The maximum atomic E-state index is 7.26. The molecule has 3 nitrogen and oxygen atoms in total. The van der Waals surface area contributed by atoms with Crippen LogP contribution in [0, 0.1) is 8.98 Å². The van der Waals surface area contributed by atoms with Gasteiger partial charge in [0.1, 0.15) is 5.69 Å². The van der Waals surface area contributed by atoms with Gasteiger partial charge in [0.05, 0.1) is 7.11 Å². The van der Waals surface area contributed by atoms with E-state index in [0.29, 0.717) is 5.69 Å². The molecule has 0 aliphatic carbocycles. The molecule has 11 heavy (non-hydrogen) atoms. The predicted molar refractivity (Wildman–Crippen MR) is 50.8 cm³/mol. The van der Waals surface area contributed by atoms with E-state index in [4.69, 9.17) is 10.1 Å². The minimum Gasteiger partial charge on any atom is -0.480 e. The highest BCUT2D eigenvalue weighted by molar-refractivity contribution is 14.1. The highest BCUT2D eigenvalue weighted by Gasteiger charge is 1.99. The number of nitrogens with one attached hydrogen (secondary N) is 1. The standard InChI is InChI=1S/C7H7IN2O/c1-11-7(9)6-3-2-5(8)4-10-6/h2-4,9H,1H3. The Morgan fingerprint density at radius 2 is 2.36 bits per heavy atom.